The van der Waals surface area contributed by atoms with E-state index in [1.54, 1.807) is 36.4 Å². The summed E-state index contributed by atoms with van der Waals surface area (Å²) in [4.78, 5) is 16.9. The minimum Gasteiger partial charge on any atom is -0.508 e. The van der Waals surface area contributed by atoms with Gasteiger partial charge in [-0.05, 0) is 49.5 Å². The lowest BCUT2D eigenvalue weighted by Gasteiger charge is -2.32. The first-order valence-corrected chi connectivity index (χ1v) is 8.69. The fraction of sp³-hybridized carbons (Fsp3) is 0.316. The average Bonchev–Trinajstić information content (AvgIpc) is 2.60. The van der Waals surface area contributed by atoms with E-state index in [1.807, 2.05) is 6.07 Å². The van der Waals surface area contributed by atoms with E-state index in [0.29, 0.717) is 22.8 Å². The Bertz CT molecular complexity index is 741. The summed E-state index contributed by atoms with van der Waals surface area (Å²) < 4.78 is 0. The highest BCUT2D eigenvalue weighted by Crippen LogP contribution is 2.24. The van der Waals surface area contributed by atoms with Gasteiger partial charge < -0.3 is 15.3 Å². The maximum atomic E-state index is 12.3. The minimum atomic E-state index is -0.201. The molecule has 0 saturated carbocycles. The van der Waals surface area contributed by atoms with E-state index in [2.05, 4.69) is 22.2 Å². The first kappa shape index (κ1) is 17.7. The molecule has 25 heavy (non-hydrogen) atoms. The fourth-order valence-corrected chi connectivity index (χ4v) is 2.97. The van der Waals surface area contributed by atoms with Crippen molar-refractivity contribution in [2.75, 3.05) is 38.5 Å². The number of benzene rings is 2. The third-order valence-electron chi connectivity index (χ3n) is 4.43. The monoisotopic (exact) mass is 359 g/mol. The molecule has 0 radical (unpaired) electrons. The standard InChI is InChI=1S/C19H22ClN3O2/c1-22-8-10-23(11-9-22)13-15-12-17(6-7-18(15)24)21-19(25)14-2-4-16(20)5-3-14/h2-7,12,24H,8-11,13H2,1H3,(H,21,25). The smallest absolute Gasteiger partial charge is 0.255 e. The molecule has 0 aliphatic carbocycles. The summed E-state index contributed by atoms with van der Waals surface area (Å²) in [5, 5.41) is 13.6. The number of aromatic hydroxyl groups is 1. The van der Waals surface area contributed by atoms with E-state index in [0.717, 1.165) is 31.7 Å². The van der Waals surface area contributed by atoms with Gasteiger partial charge in [0.25, 0.3) is 5.91 Å². The number of likely N-dealkylation sites (N-methyl/N-ethyl adjacent to an activating group) is 1. The van der Waals surface area contributed by atoms with Crippen molar-refractivity contribution in [3.8, 4) is 5.75 Å². The summed E-state index contributed by atoms with van der Waals surface area (Å²) in [6, 6.07) is 11.9. The Morgan fingerprint density at radius 2 is 1.80 bits per heavy atom. The van der Waals surface area contributed by atoms with Gasteiger partial charge >= 0.3 is 0 Å². The van der Waals surface area contributed by atoms with Crippen molar-refractivity contribution in [2.24, 2.45) is 0 Å². The summed E-state index contributed by atoms with van der Waals surface area (Å²) >= 11 is 5.85. The van der Waals surface area contributed by atoms with Crippen molar-refractivity contribution in [3.05, 3.63) is 58.6 Å². The molecule has 5 nitrogen and oxygen atoms in total. The Balaban J connectivity index is 1.68. The van der Waals surface area contributed by atoms with E-state index in [9.17, 15) is 9.90 Å². The molecule has 0 atom stereocenters. The molecule has 1 saturated heterocycles. The second kappa shape index (κ2) is 7.87. The lowest BCUT2D eigenvalue weighted by Crippen LogP contribution is -2.43. The number of anilines is 1. The van der Waals surface area contributed by atoms with Gasteiger partial charge in [-0.25, -0.2) is 0 Å². The van der Waals surface area contributed by atoms with Crippen molar-refractivity contribution in [3.63, 3.8) is 0 Å². The van der Waals surface area contributed by atoms with Gasteiger partial charge in [0.15, 0.2) is 0 Å². The zero-order valence-electron chi connectivity index (χ0n) is 14.2. The summed E-state index contributed by atoms with van der Waals surface area (Å²) in [5.41, 5.74) is 2.03. The third-order valence-corrected chi connectivity index (χ3v) is 4.69. The number of phenolic OH excluding ortho intramolecular Hbond substituents is 1. The van der Waals surface area contributed by atoms with Crippen LogP contribution in [0.1, 0.15) is 15.9 Å². The van der Waals surface area contributed by atoms with E-state index < -0.39 is 0 Å². The normalized spacial score (nSPS) is 15.9. The van der Waals surface area contributed by atoms with Crippen LogP contribution in [-0.2, 0) is 6.54 Å². The predicted molar refractivity (Wildman–Crippen MR) is 100 cm³/mol. The highest BCUT2D eigenvalue weighted by molar-refractivity contribution is 6.30. The molecule has 1 amide bonds. The molecule has 0 aromatic heterocycles. The molecule has 2 aromatic carbocycles. The van der Waals surface area contributed by atoms with Crippen molar-refractivity contribution >= 4 is 23.2 Å². The fourth-order valence-electron chi connectivity index (χ4n) is 2.84. The van der Waals surface area contributed by atoms with Crippen LogP contribution in [0.25, 0.3) is 0 Å². The number of rotatable bonds is 4. The Morgan fingerprint density at radius 3 is 2.48 bits per heavy atom. The van der Waals surface area contributed by atoms with Crippen molar-refractivity contribution in [1.82, 2.24) is 9.80 Å². The molecule has 0 spiro atoms. The number of carbonyl (C=O) groups is 1. The van der Waals surface area contributed by atoms with E-state index in [-0.39, 0.29) is 11.7 Å². The summed E-state index contributed by atoms with van der Waals surface area (Å²) in [7, 11) is 2.11. The lowest BCUT2D eigenvalue weighted by atomic mass is 10.1. The molecular formula is C19H22ClN3O2. The molecule has 6 heteroatoms. The zero-order valence-corrected chi connectivity index (χ0v) is 15.0. The first-order valence-electron chi connectivity index (χ1n) is 8.31. The predicted octanol–water partition coefficient (Wildman–Crippen LogP) is 3.05. The van der Waals surface area contributed by atoms with Crippen LogP contribution >= 0.6 is 11.6 Å². The molecule has 1 aliphatic heterocycles. The highest BCUT2D eigenvalue weighted by Gasteiger charge is 2.16. The van der Waals surface area contributed by atoms with Crippen molar-refractivity contribution < 1.29 is 9.90 Å². The van der Waals surface area contributed by atoms with Gasteiger partial charge in [0.1, 0.15) is 5.75 Å². The van der Waals surface area contributed by atoms with Crippen LogP contribution in [0.3, 0.4) is 0 Å². The SMILES string of the molecule is CN1CCN(Cc2cc(NC(=O)c3ccc(Cl)cc3)ccc2O)CC1. The molecule has 2 aromatic rings. The molecule has 1 aliphatic rings. The minimum absolute atomic E-state index is 0.201. The summed E-state index contributed by atoms with van der Waals surface area (Å²) in [5.74, 6) is 0.0522. The Kier molecular flexibility index (Phi) is 5.58. The van der Waals surface area contributed by atoms with Gasteiger partial charge in [-0.3, -0.25) is 9.69 Å². The van der Waals surface area contributed by atoms with E-state index in [4.69, 9.17) is 11.6 Å². The maximum Gasteiger partial charge on any atom is 0.255 e. The molecule has 1 fully saturated rings. The second-order valence-corrected chi connectivity index (χ2v) is 6.82. The van der Waals surface area contributed by atoms with Gasteiger partial charge in [0.2, 0.25) is 0 Å². The van der Waals surface area contributed by atoms with Gasteiger partial charge in [-0.2, -0.15) is 0 Å². The first-order chi connectivity index (χ1) is 12.0. The van der Waals surface area contributed by atoms with Crippen LogP contribution in [-0.4, -0.2) is 54.0 Å². The number of phenols is 1. The highest BCUT2D eigenvalue weighted by atomic mass is 35.5. The van der Waals surface area contributed by atoms with Crippen molar-refractivity contribution in [1.29, 1.82) is 0 Å². The number of piperazine rings is 1. The molecule has 2 N–H and O–H groups in total. The molecular weight excluding hydrogens is 338 g/mol. The van der Waals surface area contributed by atoms with Crippen LogP contribution in [0.5, 0.6) is 5.75 Å². The molecule has 1 heterocycles. The van der Waals surface area contributed by atoms with E-state index >= 15 is 0 Å². The number of hydrogen-bond acceptors (Lipinski definition) is 4. The molecule has 0 bridgehead atoms. The lowest BCUT2D eigenvalue weighted by molar-refractivity contribution is 0.102. The number of amides is 1. The van der Waals surface area contributed by atoms with E-state index in [1.165, 1.54) is 0 Å². The number of carbonyl (C=O) groups excluding carboxylic acids is 1. The zero-order chi connectivity index (χ0) is 17.8. The Morgan fingerprint density at radius 1 is 1.12 bits per heavy atom. The Labute approximate surface area is 152 Å². The number of hydrogen-bond donors (Lipinski definition) is 2. The van der Waals surface area contributed by atoms with Gasteiger partial charge in [0.05, 0.1) is 0 Å². The van der Waals surface area contributed by atoms with Crippen LogP contribution in [0, 0.1) is 0 Å². The average molecular weight is 360 g/mol. The van der Waals surface area contributed by atoms with Gasteiger partial charge in [0, 0.05) is 54.6 Å². The maximum absolute atomic E-state index is 12.3. The van der Waals surface area contributed by atoms with Crippen LogP contribution in [0.15, 0.2) is 42.5 Å². The van der Waals surface area contributed by atoms with Crippen LogP contribution in [0.2, 0.25) is 5.02 Å². The quantitative estimate of drug-likeness (QED) is 0.824. The van der Waals surface area contributed by atoms with Crippen LogP contribution in [0.4, 0.5) is 5.69 Å². The molecule has 3 rings (SSSR count). The largest absolute Gasteiger partial charge is 0.508 e. The summed E-state index contributed by atoms with van der Waals surface area (Å²) in [6.07, 6.45) is 0. The molecule has 0 unspecified atom stereocenters. The van der Waals surface area contributed by atoms with Gasteiger partial charge in [-0.1, -0.05) is 11.6 Å². The van der Waals surface area contributed by atoms with Crippen molar-refractivity contribution in [2.45, 2.75) is 6.54 Å². The topological polar surface area (TPSA) is 55.8 Å². The second-order valence-electron chi connectivity index (χ2n) is 6.38. The Hall–Kier alpha value is -2.08. The number of halogens is 1. The molecule has 132 valence electrons. The summed E-state index contributed by atoms with van der Waals surface area (Å²) in [6.45, 7) is 4.65. The van der Waals surface area contributed by atoms with Gasteiger partial charge in [-0.15, -0.1) is 0 Å². The number of nitrogens with zero attached hydrogens (tertiary/aromatic N) is 2. The number of nitrogens with one attached hydrogen (secondary N) is 1. The third kappa shape index (κ3) is 4.72. The van der Waals surface area contributed by atoms with Crippen LogP contribution < -0.4 is 5.32 Å².